The van der Waals surface area contributed by atoms with E-state index in [1.165, 1.54) is 25.6 Å². The molecule has 25 heavy (non-hydrogen) atoms. The van der Waals surface area contributed by atoms with Gasteiger partial charge in [0.15, 0.2) is 5.96 Å². The van der Waals surface area contributed by atoms with Crippen molar-refractivity contribution in [1.29, 1.82) is 0 Å². The summed E-state index contributed by atoms with van der Waals surface area (Å²) in [6.07, 6.45) is 3.47. The molecule has 140 valence electrons. The van der Waals surface area contributed by atoms with Gasteiger partial charge in [0.1, 0.15) is 5.82 Å². The van der Waals surface area contributed by atoms with Crippen LogP contribution >= 0.6 is 24.0 Å². The van der Waals surface area contributed by atoms with Gasteiger partial charge in [0, 0.05) is 32.1 Å². The van der Waals surface area contributed by atoms with Gasteiger partial charge in [0.2, 0.25) is 0 Å². The van der Waals surface area contributed by atoms with Gasteiger partial charge in [-0.25, -0.2) is 4.39 Å². The fraction of sp³-hybridized carbons (Fsp3) is 0.632. The van der Waals surface area contributed by atoms with E-state index in [0.29, 0.717) is 5.92 Å². The molecule has 1 unspecified atom stereocenters. The van der Waals surface area contributed by atoms with Crippen molar-refractivity contribution in [1.82, 2.24) is 15.5 Å². The summed E-state index contributed by atoms with van der Waals surface area (Å²) < 4.78 is 13.5. The van der Waals surface area contributed by atoms with Gasteiger partial charge in [-0.3, -0.25) is 4.99 Å². The number of nitrogens with zero attached hydrogens (tertiary/aromatic N) is 2. The van der Waals surface area contributed by atoms with Gasteiger partial charge >= 0.3 is 0 Å². The molecule has 1 aliphatic heterocycles. The molecule has 1 heterocycles. The number of hydrogen-bond acceptors (Lipinski definition) is 2. The molecule has 1 atom stereocenters. The summed E-state index contributed by atoms with van der Waals surface area (Å²) in [5.41, 5.74) is 1.17. The standard InChI is InChI=1S/C19H29FN4.HI/c1-3-24-10-7-15(13-24)12-22-18(21-2)23-14-19(8-9-19)16-5-4-6-17(20)11-16;/h4-6,11,15H,3,7-10,12-14H2,1-2H3,(H2,21,22,23);1H. The van der Waals surface area contributed by atoms with E-state index in [2.05, 4.69) is 27.4 Å². The van der Waals surface area contributed by atoms with Crippen LogP contribution in [0.1, 0.15) is 31.7 Å². The highest BCUT2D eigenvalue weighted by atomic mass is 127. The van der Waals surface area contributed by atoms with E-state index in [1.54, 1.807) is 12.1 Å². The van der Waals surface area contributed by atoms with Crippen LogP contribution in [0, 0.1) is 11.7 Å². The Morgan fingerprint density at radius 3 is 2.76 bits per heavy atom. The Morgan fingerprint density at radius 1 is 1.36 bits per heavy atom. The summed E-state index contributed by atoms with van der Waals surface area (Å²) in [5.74, 6) is 1.40. The number of hydrogen-bond donors (Lipinski definition) is 2. The fourth-order valence-corrected chi connectivity index (χ4v) is 3.62. The molecular weight excluding hydrogens is 430 g/mol. The van der Waals surface area contributed by atoms with Gasteiger partial charge < -0.3 is 15.5 Å². The minimum Gasteiger partial charge on any atom is -0.356 e. The highest BCUT2D eigenvalue weighted by Gasteiger charge is 2.44. The van der Waals surface area contributed by atoms with Crippen LogP contribution in [-0.2, 0) is 5.41 Å². The van der Waals surface area contributed by atoms with E-state index in [4.69, 9.17) is 0 Å². The Kier molecular flexibility index (Phi) is 7.49. The summed E-state index contributed by atoms with van der Waals surface area (Å²) in [6, 6.07) is 7.01. The first-order chi connectivity index (χ1) is 11.6. The zero-order valence-corrected chi connectivity index (χ0v) is 17.6. The SMILES string of the molecule is CCN1CCC(CNC(=NC)NCC2(c3cccc(F)c3)CC2)C1.I. The molecule has 0 bridgehead atoms. The van der Waals surface area contributed by atoms with Crippen molar-refractivity contribution in [3.05, 3.63) is 35.6 Å². The molecule has 2 fully saturated rings. The van der Waals surface area contributed by atoms with Crippen LogP contribution in [-0.4, -0.2) is 50.6 Å². The van der Waals surface area contributed by atoms with Crippen LogP contribution in [0.25, 0.3) is 0 Å². The second-order valence-corrected chi connectivity index (χ2v) is 7.15. The summed E-state index contributed by atoms with van der Waals surface area (Å²) in [5, 5.41) is 6.90. The molecule has 4 nitrogen and oxygen atoms in total. The maximum Gasteiger partial charge on any atom is 0.191 e. The first-order valence-electron chi connectivity index (χ1n) is 9.08. The van der Waals surface area contributed by atoms with Crippen molar-refractivity contribution < 1.29 is 4.39 Å². The summed E-state index contributed by atoms with van der Waals surface area (Å²) >= 11 is 0. The van der Waals surface area contributed by atoms with Gasteiger partial charge in [-0.1, -0.05) is 19.1 Å². The number of aliphatic imine (C=N–C) groups is 1. The van der Waals surface area contributed by atoms with Crippen molar-refractivity contribution >= 4 is 29.9 Å². The zero-order valence-electron chi connectivity index (χ0n) is 15.2. The molecule has 1 aliphatic carbocycles. The first kappa shape index (κ1) is 20.4. The van der Waals surface area contributed by atoms with Gasteiger partial charge in [0.25, 0.3) is 0 Å². The average molecular weight is 460 g/mol. The van der Waals surface area contributed by atoms with Crippen LogP contribution in [0.15, 0.2) is 29.3 Å². The Hall–Kier alpha value is -0.890. The normalized spacial score (nSPS) is 22.4. The second kappa shape index (κ2) is 9.16. The molecular formula is C19H30FIN4. The monoisotopic (exact) mass is 460 g/mol. The van der Waals surface area contributed by atoms with Crippen molar-refractivity contribution in [2.45, 2.75) is 31.6 Å². The second-order valence-electron chi connectivity index (χ2n) is 7.15. The molecule has 0 radical (unpaired) electrons. The topological polar surface area (TPSA) is 39.7 Å². The van der Waals surface area contributed by atoms with E-state index < -0.39 is 0 Å². The van der Waals surface area contributed by atoms with E-state index in [0.717, 1.165) is 44.0 Å². The number of halogens is 2. The molecule has 0 amide bonds. The lowest BCUT2D eigenvalue weighted by Crippen LogP contribution is -2.43. The van der Waals surface area contributed by atoms with Crippen molar-refractivity contribution in [2.75, 3.05) is 39.8 Å². The van der Waals surface area contributed by atoms with Crippen LogP contribution < -0.4 is 10.6 Å². The highest BCUT2D eigenvalue weighted by Crippen LogP contribution is 2.47. The Morgan fingerprint density at radius 2 is 2.16 bits per heavy atom. The molecule has 2 aliphatic rings. The van der Waals surface area contributed by atoms with Crippen LogP contribution in [0.3, 0.4) is 0 Å². The van der Waals surface area contributed by atoms with E-state index in [9.17, 15) is 4.39 Å². The van der Waals surface area contributed by atoms with Crippen molar-refractivity contribution in [2.24, 2.45) is 10.9 Å². The molecule has 2 N–H and O–H groups in total. The van der Waals surface area contributed by atoms with Crippen molar-refractivity contribution in [3.8, 4) is 0 Å². The number of likely N-dealkylation sites (tertiary alicyclic amines) is 1. The predicted molar refractivity (Wildman–Crippen MR) is 112 cm³/mol. The Labute approximate surface area is 167 Å². The summed E-state index contributed by atoms with van der Waals surface area (Å²) in [6.45, 7) is 7.51. The number of rotatable bonds is 6. The van der Waals surface area contributed by atoms with Gasteiger partial charge in [-0.2, -0.15) is 0 Å². The van der Waals surface area contributed by atoms with Gasteiger partial charge in [-0.15, -0.1) is 24.0 Å². The number of guanidine groups is 1. The highest BCUT2D eigenvalue weighted by molar-refractivity contribution is 14.0. The maximum atomic E-state index is 13.5. The van der Waals surface area contributed by atoms with Gasteiger partial charge in [0.05, 0.1) is 0 Å². The predicted octanol–water partition coefficient (Wildman–Crippen LogP) is 2.98. The molecule has 0 spiro atoms. The lowest BCUT2D eigenvalue weighted by molar-refractivity contribution is 0.341. The van der Waals surface area contributed by atoms with E-state index in [1.807, 2.05) is 13.1 Å². The third kappa shape index (κ3) is 5.29. The first-order valence-corrected chi connectivity index (χ1v) is 9.08. The minimum atomic E-state index is -0.150. The molecule has 0 aromatic heterocycles. The molecule has 1 saturated carbocycles. The molecule has 1 saturated heterocycles. The minimum absolute atomic E-state index is 0. The Balaban J connectivity index is 0.00000225. The van der Waals surface area contributed by atoms with Crippen LogP contribution in [0.4, 0.5) is 4.39 Å². The average Bonchev–Trinajstić information content (AvgIpc) is 3.25. The van der Waals surface area contributed by atoms with Gasteiger partial charge in [-0.05, 0) is 56.0 Å². The number of benzene rings is 1. The quantitative estimate of drug-likeness (QED) is 0.390. The van der Waals surface area contributed by atoms with E-state index in [-0.39, 0.29) is 35.2 Å². The lowest BCUT2D eigenvalue weighted by Gasteiger charge is -2.20. The summed E-state index contributed by atoms with van der Waals surface area (Å²) in [4.78, 5) is 6.83. The van der Waals surface area contributed by atoms with Crippen LogP contribution in [0.2, 0.25) is 0 Å². The Bertz CT molecular complexity index is 589. The smallest absolute Gasteiger partial charge is 0.191 e. The molecule has 3 rings (SSSR count). The largest absolute Gasteiger partial charge is 0.356 e. The van der Waals surface area contributed by atoms with Crippen LogP contribution in [0.5, 0.6) is 0 Å². The zero-order chi connectivity index (χ0) is 17.0. The van der Waals surface area contributed by atoms with Crippen molar-refractivity contribution in [3.63, 3.8) is 0 Å². The molecule has 6 heteroatoms. The van der Waals surface area contributed by atoms with E-state index >= 15 is 0 Å². The summed E-state index contributed by atoms with van der Waals surface area (Å²) in [7, 11) is 1.81. The lowest BCUT2D eigenvalue weighted by atomic mass is 9.96. The molecule has 1 aromatic rings. The fourth-order valence-electron chi connectivity index (χ4n) is 3.62. The third-order valence-corrected chi connectivity index (χ3v) is 5.48. The third-order valence-electron chi connectivity index (χ3n) is 5.48. The molecule has 1 aromatic carbocycles. The number of nitrogens with one attached hydrogen (secondary N) is 2. The maximum absolute atomic E-state index is 13.5.